The summed E-state index contributed by atoms with van der Waals surface area (Å²) in [4.78, 5) is 23.5. The predicted molar refractivity (Wildman–Crippen MR) is 133 cm³/mol. The lowest BCUT2D eigenvalue weighted by Gasteiger charge is -2.01. The molecule has 0 aliphatic carbocycles. The van der Waals surface area contributed by atoms with Gasteiger partial charge >= 0.3 is 0 Å². The highest BCUT2D eigenvalue weighted by molar-refractivity contribution is 7.98. The van der Waals surface area contributed by atoms with Crippen molar-refractivity contribution in [3.63, 3.8) is 0 Å². The molecule has 160 valence electrons. The van der Waals surface area contributed by atoms with Crippen molar-refractivity contribution in [2.45, 2.75) is 36.8 Å². The zero-order valence-corrected chi connectivity index (χ0v) is 19.6. The van der Waals surface area contributed by atoms with E-state index in [9.17, 15) is 4.79 Å². The number of fused-ring (bicyclic) bond motifs is 1. The highest BCUT2D eigenvalue weighted by atomic mass is 35.5. The fraction of sp³-hybridized carbons (Fsp3) is 0.261. The molecule has 0 aliphatic heterocycles. The summed E-state index contributed by atoms with van der Waals surface area (Å²) in [6.07, 6.45) is 5.03. The maximum absolute atomic E-state index is 13.2. The van der Waals surface area contributed by atoms with Gasteiger partial charge in [0.05, 0.1) is 21.5 Å². The molecule has 0 atom stereocenters. The lowest BCUT2D eigenvalue weighted by Crippen LogP contribution is -2.17. The molecule has 2 aromatic heterocycles. The van der Waals surface area contributed by atoms with Crippen LogP contribution in [-0.2, 0) is 5.75 Å². The van der Waals surface area contributed by atoms with Crippen molar-refractivity contribution in [1.29, 1.82) is 0 Å². The Kier molecular flexibility index (Phi) is 7.27. The van der Waals surface area contributed by atoms with Crippen LogP contribution in [0.2, 0.25) is 5.02 Å². The number of hydrogen-bond donors (Lipinski definition) is 1. The van der Waals surface area contributed by atoms with Crippen molar-refractivity contribution in [2.75, 3.05) is 6.54 Å². The summed E-state index contributed by atoms with van der Waals surface area (Å²) in [5.74, 6) is 0.616. The number of para-hydroxylation sites is 1. The van der Waals surface area contributed by atoms with Gasteiger partial charge in [-0.3, -0.25) is 14.9 Å². The number of aromatic nitrogens is 3. The smallest absolute Gasteiger partial charge is 0.282 e. The first-order valence-electron chi connectivity index (χ1n) is 10.2. The number of aliphatic imine (C=N–C) groups is 1. The second-order valence-electron chi connectivity index (χ2n) is 7.09. The van der Waals surface area contributed by atoms with Gasteiger partial charge in [-0.05, 0) is 42.8 Å². The van der Waals surface area contributed by atoms with Gasteiger partial charge in [0, 0.05) is 28.4 Å². The number of nitrogens with zero attached hydrogens (tertiary/aromatic N) is 3. The number of hydrogen-bond acceptors (Lipinski definition) is 5. The monoisotopic (exact) mass is 470 g/mol. The average Bonchev–Trinajstić information content (AvgIpc) is 3.34. The van der Waals surface area contributed by atoms with E-state index in [2.05, 4.69) is 22.0 Å². The van der Waals surface area contributed by atoms with Gasteiger partial charge < -0.3 is 0 Å². The summed E-state index contributed by atoms with van der Waals surface area (Å²) in [6, 6.07) is 15.6. The molecule has 1 N–H and O–H groups in total. The Balaban J connectivity index is 1.64. The quantitative estimate of drug-likeness (QED) is 0.176. The number of H-pyrrole nitrogens is 1. The molecule has 4 aromatic rings. The first kappa shape index (κ1) is 21.9. The van der Waals surface area contributed by atoms with Gasteiger partial charge in [-0.1, -0.05) is 54.8 Å². The van der Waals surface area contributed by atoms with E-state index >= 15 is 0 Å². The van der Waals surface area contributed by atoms with E-state index in [1.807, 2.05) is 48.5 Å². The van der Waals surface area contributed by atoms with Crippen molar-refractivity contribution in [1.82, 2.24) is 14.8 Å². The molecule has 4 rings (SSSR count). The average molecular weight is 471 g/mol. The second kappa shape index (κ2) is 10.3. The number of nitrogens with one attached hydrogen (secondary N) is 1. The largest absolute Gasteiger partial charge is 0.292 e. The third kappa shape index (κ3) is 5.29. The number of thiazole rings is 1. The topological polar surface area (TPSA) is 63.0 Å². The Morgan fingerprint density at radius 1 is 1.19 bits per heavy atom. The maximum atomic E-state index is 13.2. The molecule has 2 aromatic carbocycles. The molecule has 5 nitrogen and oxygen atoms in total. The highest BCUT2D eigenvalue weighted by Crippen LogP contribution is 2.26. The summed E-state index contributed by atoms with van der Waals surface area (Å²) in [5.41, 5.74) is 2.20. The Hall–Kier alpha value is -2.35. The first-order chi connectivity index (χ1) is 15.2. The summed E-state index contributed by atoms with van der Waals surface area (Å²) >= 11 is 9.13. The minimum atomic E-state index is -0.120. The molecule has 8 heteroatoms. The number of benzene rings is 2. The van der Waals surface area contributed by atoms with Crippen LogP contribution in [0.15, 0.2) is 63.2 Å². The molecule has 0 saturated heterocycles. The van der Waals surface area contributed by atoms with Crippen LogP contribution < -0.4 is 5.56 Å². The molecule has 0 radical (unpaired) electrons. The number of rotatable bonds is 9. The van der Waals surface area contributed by atoms with E-state index in [-0.39, 0.29) is 5.56 Å². The van der Waals surface area contributed by atoms with Gasteiger partial charge in [0.1, 0.15) is 0 Å². The molecule has 0 saturated carbocycles. The fourth-order valence-corrected chi connectivity index (χ4v) is 5.04. The standard InChI is InChI=1S/C23H23ClN4OS2/c1-2-3-6-13-25-14-18-20(15-30-17-11-9-16(24)10-12-17)27-28(22(18)29)23-26-19-7-4-5-8-21(19)31-23/h4-5,7-12,14,27H,2-3,6,13,15H2,1H3. The van der Waals surface area contributed by atoms with Crippen LogP contribution in [0.4, 0.5) is 0 Å². The molecule has 0 amide bonds. The van der Waals surface area contributed by atoms with Crippen LogP contribution in [0, 0.1) is 0 Å². The first-order valence-corrected chi connectivity index (χ1v) is 12.4. The molecular formula is C23H23ClN4OS2. The van der Waals surface area contributed by atoms with Crippen molar-refractivity contribution >= 4 is 51.1 Å². The van der Waals surface area contributed by atoms with E-state index < -0.39 is 0 Å². The number of halogens is 1. The zero-order valence-electron chi connectivity index (χ0n) is 17.2. The second-order valence-corrected chi connectivity index (χ2v) is 9.59. The van der Waals surface area contributed by atoms with Crippen molar-refractivity contribution < 1.29 is 0 Å². The predicted octanol–water partition coefficient (Wildman–Crippen LogP) is 6.33. The fourth-order valence-electron chi connectivity index (χ4n) is 3.12. The normalized spacial score (nSPS) is 11.7. The highest BCUT2D eigenvalue weighted by Gasteiger charge is 2.16. The van der Waals surface area contributed by atoms with Crippen LogP contribution >= 0.6 is 34.7 Å². The molecule has 0 aliphatic rings. The van der Waals surface area contributed by atoms with Gasteiger partial charge in [0.2, 0.25) is 5.13 Å². The Bertz CT molecular complexity index is 1210. The Morgan fingerprint density at radius 3 is 2.77 bits per heavy atom. The van der Waals surface area contributed by atoms with Gasteiger partial charge in [0.25, 0.3) is 5.56 Å². The van der Waals surface area contributed by atoms with Crippen LogP contribution in [0.25, 0.3) is 15.3 Å². The van der Waals surface area contributed by atoms with Crippen LogP contribution in [0.1, 0.15) is 37.4 Å². The molecule has 31 heavy (non-hydrogen) atoms. The lowest BCUT2D eigenvalue weighted by molar-refractivity contribution is 0.729. The van der Waals surface area contributed by atoms with E-state index in [0.717, 1.165) is 46.6 Å². The Morgan fingerprint density at radius 2 is 2.00 bits per heavy atom. The van der Waals surface area contributed by atoms with Gasteiger partial charge in [-0.15, -0.1) is 11.8 Å². The number of thioether (sulfide) groups is 1. The van der Waals surface area contributed by atoms with Crippen LogP contribution in [-0.4, -0.2) is 27.5 Å². The zero-order chi connectivity index (χ0) is 21.6. The SMILES string of the molecule is CCCCCN=Cc1c(CSc2ccc(Cl)cc2)[nH]n(-c2nc3ccccc3s2)c1=O. The summed E-state index contributed by atoms with van der Waals surface area (Å²) in [7, 11) is 0. The summed E-state index contributed by atoms with van der Waals surface area (Å²) in [5, 5.41) is 4.62. The van der Waals surface area contributed by atoms with Crippen molar-refractivity contribution in [3.05, 3.63) is 75.2 Å². The van der Waals surface area contributed by atoms with E-state index in [1.54, 1.807) is 18.0 Å². The summed E-state index contributed by atoms with van der Waals surface area (Å²) < 4.78 is 2.58. The molecule has 0 bridgehead atoms. The molecule has 2 heterocycles. The van der Waals surface area contributed by atoms with Gasteiger partial charge in [0.15, 0.2) is 0 Å². The molecule has 0 spiro atoms. The van der Waals surface area contributed by atoms with Crippen molar-refractivity contribution in [2.24, 2.45) is 4.99 Å². The van der Waals surface area contributed by atoms with E-state index in [0.29, 0.717) is 21.5 Å². The lowest BCUT2D eigenvalue weighted by atomic mass is 10.2. The third-order valence-corrected chi connectivity index (χ3v) is 7.10. The van der Waals surface area contributed by atoms with E-state index in [4.69, 9.17) is 11.6 Å². The third-order valence-electron chi connectivity index (χ3n) is 4.79. The van der Waals surface area contributed by atoms with Crippen molar-refractivity contribution in [3.8, 4) is 5.13 Å². The number of unbranched alkanes of at least 4 members (excludes halogenated alkanes) is 2. The van der Waals surface area contributed by atoms with Crippen LogP contribution in [0.3, 0.4) is 0 Å². The van der Waals surface area contributed by atoms with E-state index in [1.165, 1.54) is 16.0 Å². The van der Waals surface area contributed by atoms with Crippen LogP contribution in [0.5, 0.6) is 0 Å². The molecule has 0 unspecified atom stereocenters. The maximum Gasteiger partial charge on any atom is 0.282 e. The summed E-state index contributed by atoms with van der Waals surface area (Å²) in [6.45, 7) is 2.89. The van der Waals surface area contributed by atoms with Gasteiger partial charge in [-0.25, -0.2) is 4.98 Å². The minimum absolute atomic E-state index is 0.120. The number of aromatic amines is 1. The molecular weight excluding hydrogens is 448 g/mol. The Labute approximate surface area is 194 Å². The molecule has 0 fully saturated rings. The minimum Gasteiger partial charge on any atom is -0.292 e. The van der Waals surface area contributed by atoms with Gasteiger partial charge in [-0.2, -0.15) is 4.68 Å².